The van der Waals surface area contributed by atoms with Crippen LogP contribution in [-0.2, 0) is 0 Å². The molecule has 0 radical (unpaired) electrons. The van der Waals surface area contributed by atoms with Crippen LogP contribution < -0.4 is 11.1 Å². The van der Waals surface area contributed by atoms with Gasteiger partial charge in [0.05, 0.1) is 0 Å². The fourth-order valence-corrected chi connectivity index (χ4v) is 1.47. The number of nitrogens with two attached hydrogens (primary N) is 1. The van der Waals surface area contributed by atoms with Crippen molar-refractivity contribution in [2.75, 3.05) is 13.1 Å². The van der Waals surface area contributed by atoms with Crippen LogP contribution in [0.3, 0.4) is 0 Å². The zero-order valence-electron chi connectivity index (χ0n) is 11.1. The molecular weight excluding hydrogens is 212 g/mol. The van der Waals surface area contributed by atoms with E-state index in [2.05, 4.69) is 5.32 Å². The number of hydrogen-bond donors (Lipinski definition) is 2. The second-order valence-corrected chi connectivity index (χ2v) is 5.37. The molecule has 0 aliphatic carbocycles. The highest BCUT2D eigenvalue weighted by molar-refractivity contribution is 5.95. The number of rotatable bonds is 4. The number of benzene rings is 1. The lowest BCUT2D eigenvalue weighted by atomic mass is 9.93. The van der Waals surface area contributed by atoms with E-state index in [1.165, 1.54) is 0 Å². The van der Waals surface area contributed by atoms with Gasteiger partial charge >= 0.3 is 0 Å². The molecular formula is C14H22N2O. The lowest BCUT2D eigenvalue weighted by molar-refractivity contribution is 0.0937. The Hall–Kier alpha value is -1.35. The van der Waals surface area contributed by atoms with E-state index in [0.717, 1.165) is 16.7 Å². The third kappa shape index (κ3) is 3.86. The molecule has 1 amide bonds. The van der Waals surface area contributed by atoms with Crippen molar-refractivity contribution in [3.63, 3.8) is 0 Å². The maximum Gasteiger partial charge on any atom is 0.251 e. The zero-order chi connectivity index (χ0) is 13.1. The molecule has 0 fully saturated rings. The molecule has 17 heavy (non-hydrogen) atoms. The first-order valence-corrected chi connectivity index (χ1v) is 5.91. The van der Waals surface area contributed by atoms with Crippen molar-refractivity contribution >= 4 is 5.91 Å². The molecule has 0 heterocycles. The van der Waals surface area contributed by atoms with E-state index in [4.69, 9.17) is 5.73 Å². The molecule has 1 aromatic carbocycles. The van der Waals surface area contributed by atoms with Crippen molar-refractivity contribution in [2.24, 2.45) is 11.1 Å². The Morgan fingerprint density at radius 2 is 2.00 bits per heavy atom. The first kappa shape index (κ1) is 13.7. The maximum atomic E-state index is 12.0. The number of carbonyl (C=O) groups is 1. The molecule has 0 aliphatic rings. The van der Waals surface area contributed by atoms with E-state index in [1.807, 2.05) is 45.9 Å². The minimum atomic E-state index is -0.0621. The molecule has 3 heteroatoms. The molecule has 0 aromatic heterocycles. The summed E-state index contributed by atoms with van der Waals surface area (Å²) in [7, 11) is 0. The summed E-state index contributed by atoms with van der Waals surface area (Å²) >= 11 is 0. The molecule has 3 nitrogen and oxygen atoms in total. The third-order valence-electron chi connectivity index (χ3n) is 2.92. The maximum absolute atomic E-state index is 12.0. The van der Waals surface area contributed by atoms with E-state index in [1.54, 1.807) is 0 Å². The quantitative estimate of drug-likeness (QED) is 0.837. The van der Waals surface area contributed by atoms with Gasteiger partial charge in [-0.3, -0.25) is 4.79 Å². The van der Waals surface area contributed by atoms with Crippen molar-refractivity contribution < 1.29 is 4.79 Å². The van der Waals surface area contributed by atoms with Crippen molar-refractivity contribution in [3.8, 4) is 0 Å². The van der Waals surface area contributed by atoms with Crippen LogP contribution in [0, 0.1) is 19.3 Å². The summed E-state index contributed by atoms with van der Waals surface area (Å²) in [5, 5.41) is 2.94. The van der Waals surface area contributed by atoms with E-state index in [0.29, 0.717) is 13.1 Å². The minimum absolute atomic E-state index is 0.0206. The Morgan fingerprint density at radius 1 is 1.35 bits per heavy atom. The van der Waals surface area contributed by atoms with Gasteiger partial charge in [-0.2, -0.15) is 0 Å². The van der Waals surface area contributed by atoms with Gasteiger partial charge in [0.15, 0.2) is 0 Å². The van der Waals surface area contributed by atoms with Crippen LogP contribution in [0.15, 0.2) is 18.2 Å². The molecule has 0 saturated carbocycles. The van der Waals surface area contributed by atoms with Gasteiger partial charge in [-0.05, 0) is 37.4 Å². The SMILES string of the molecule is Cc1ccc(C)c(C(=O)NCC(C)(C)CN)c1. The van der Waals surface area contributed by atoms with Gasteiger partial charge < -0.3 is 11.1 Å². The van der Waals surface area contributed by atoms with Gasteiger partial charge in [0.2, 0.25) is 0 Å². The van der Waals surface area contributed by atoms with E-state index in [-0.39, 0.29) is 11.3 Å². The largest absolute Gasteiger partial charge is 0.351 e. The standard InChI is InChI=1S/C14H22N2O/c1-10-5-6-11(2)12(7-10)13(17)16-9-14(3,4)8-15/h5-7H,8-9,15H2,1-4H3,(H,16,17). The molecule has 0 aliphatic heterocycles. The summed E-state index contributed by atoms with van der Waals surface area (Å²) < 4.78 is 0. The summed E-state index contributed by atoms with van der Waals surface area (Å²) in [4.78, 5) is 12.0. The number of hydrogen-bond acceptors (Lipinski definition) is 2. The van der Waals surface area contributed by atoms with Crippen LogP contribution in [0.1, 0.15) is 35.3 Å². The van der Waals surface area contributed by atoms with Crippen LogP contribution in [0.5, 0.6) is 0 Å². The summed E-state index contributed by atoms with van der Waals surface area (Å²) in [5.41, 5.74) is 8.41. The van der Waals surface area contributed by atoms with Crippen LogP contribution in [0.25, 0.3) is 0 Å². The summed E-state index contributed by atoms with van der Waals surface area (Å²) in [5.74, 6) is -0.0206. The minimum Gasteiger partial charge on any atom is -0.351 e. The highest BCUT2D eigenvalue weighted by atomic mass is 16.1. The number of carbonyl (C=O) groups excluding carboxylic acids is 1. The fourth-order valence-electron chi connectivity index (χ4n) is 1.47. The molecule has 1 aromatic rings. The van der Waals surface area contributed by atoms with E-state index < -0.39 is 0 Å². The van der Waals surface area contributed by atoms with E-state index >= 15 is 0 Å². The molecule has 0 saturated heterocycles. The smallest absolute Gasteiger partial charge is 0.251 e. The lowest BCUT2D eigenvalue weighted by Crippen LogP contribution is -2.38. The molecule has 0 unspecified atom stereocenters. The average Bonchev–Trinajstić information content (AvgIpc) is 2.29. The van der Waals surface area contributed by atoms with Gasteiger partial charge in [0, 0.05) is 12.1 Å². The predicted molar refractivity (Wildman–Crippen MR) is 71.1 cm³/mol. The first-order valence-electron chi connectivity index (χ1n) is 5.91. The van der Waals surface area contributed by atoms with Gasteiger partial charge in [-0.15, -0.1) is 0 Å². The third-order valence-corrected chi connectivity index (χ3v) is 2.92. The van der Waals surface area contributed by atoms with Crippen LogP contribution in [0.4, 0.5) is 0 Å². The van der Waals surface area contributed by atoms with Gasteiger partial charge in [0.1, 0.15) is 0 Å². The van der Waals surface area contributed by atoms with Crippen LogP contribution in [0.2, 0.25) is 0 Å². The molecule has 3 N–H and O–H groups in total. The van der Waals surface area contributed by atoms with Crippen LogP contribution in [-0.4, -0.2) is 19.0 Å². The summed E-state index contributed by atoms with van der Waals surface area (Å²) in [6, 6.07) is 5.90. The molecule has 0 bridgehead atoms. The number of nitrogens with one attached hydrogen (secondary N) is 1. The second-order valence-electron chi connectivity index (χ2n) is 5.37. The zero-order valence-corrected chi connectivity index (χ0v) is 11.1. The normalized spacial score (nSPS) is 11.4. The Labute approximate surface area is 103 Å². The van der Waals surface area contributed by atoms with Crippen molar-refractivity contribution in [2.45, 2.75) is 27.7 Å². The topological polar surface area (TPSA) is 55.1 Å². The number of aryl methyl sites for hydroxylation is 2. The Balaban J connectivity index is 2.74. The summed E-state index contributed by atoms with van der Waals surface area (Å²) in [6.45, 7) is 9.16. The fraction of sp³-hybridized carbons (Fsp3) is 0.500. The monoisotopic (exact) mass is 234 g/mol. The molecule has 1 rings (SSSR count). The highest BCUT2D eigenvalue weighted by Gasteiger charge is 2.17. The van der Waals surface area contributed by atoms with Crippen LogP contribution >= 0.6 is 0 Å². The average molecular weight is 234 g/mol. The Bertz CT molecular complexity index is 411. The number of amides is 1. The molecule has 0 spiro atoms. The van der Waals surface area contributed by atoms with Gasteiger partial charge in [-0.1, -0.05) is 31.5 Å². The van der Waals surface area contributed by atoms with E-state index in [9.17, 15) is 4.79 Å². The second kappa shape index (κ2) is 5.32. The van der Waals surface area contributed by atoms with Crippen molar-refractivity contribution in [1.82, 2.24) is 5.32 Å². The summed E-state index contributed by atoms with van der Waals surface area (Å²) in [6.07, 6.45) is 0. The van der Waals surface area contributed by atoms with Crippen molar-refractivity contribution in [1.29, 1.82) is 0 Å². The van der Waals surface area contributed by atoms with Gasteiger partial charge in [-0.25, -0.2) is 0 Å². The Kier molecular flexibility index (Phi) is 4.29. The van der Waals surface area contributed by atoms with Crippen molar-refractivity contribution in [3.05, 3.63) is 34.9 Å². The predicted octanol–water partition coefficient (Wildman–Crippen LogP) is 2.02. The first-order chi connectivity index (χ1) is 7.85. The Morgan fingerprint density at radius 3 is 2.59 bits per heavy atom. The highest BCUT2D eigenvalue weighted by Crippen LogP contribution is 2.13. The lowest BCUT2D eigenvalue weighted by Gasteiger charge is -2.22. The molecule has 94 valence electrons. The molecule has 0 atom stereocenters. The van der Waals surface area contributed by atoms with Gasteiger partial charge in [0.25, 0.3) is 5.91 Å².